The molecule has 6 heteroatoms. The average Bonchev–Trinajstić information content (AvgIpc) is 2.60. The second-order valence-electron chi connectivity index (χ2n) is 5.58. The van der Waals surface area contributed by atoms with Crippen LogP contribution in [0.4, 0.5) is 8.78 Å². The molecule has 0 aliphatic heterocycles. The third kappa shape index (κ3) is 6.06. The van der Waals surface area contributed by atoms with Gasteiger partial charge in [0.25, 0.3) is 0 Å². The molecule has 0 saturated carbocycles. The van der Waals surface area contributed by atoms with E-state index in [1.807, 2.05) is 31.2 Å². The van der Waals surface area contributed by atoms with Crippen LogP contribution >= 0.6 is 0 Å². The Morgan fingerprint density at radius 1 is 1.04 bits per heavy atom. The number of amides is 1. The molecule has 0 aromatic heterocycles. The molecule has 1 unspecified atom stereocenters. The third-order valence-corrected chi connectivity index (χ3v) is 3.78. The van der Waals surface area contributed by atoms with Crippen LogP contribution in [-0.2, 0) is 11.2 Å². The number of rotatable bonds is 8. The summed E-state index contributed by atoms with van der Waals surface area (Å²) in [5.74, 6) is 0.800. The number of nitrogens with one attached hydrogen (secondary N) is 1. The van der Waals surface area contributed by atoms with Crippen LogP contribution in [0.5, 0.6) is 11.5 Å². The van der Waals surface area contributed by atoms with Crippen LogP contribution < -0.4 is 14.8 Å². The lowest BCUT2D eigenvalue weighted by Gasteiger charge is -2.15. The topological polar surface area (TPSA) is 47.6 Å². The van der Waals surface area contributed by atoms with Crippen molar-refractivity contribution in [3.05, 3.63) is 59.7 Å². The van der Waals surface area contributed by atoms with Crippen LogP contribution in [0, 0.1) is 0 Å². The highest BCUT2D eigenvalue weighted by Gasteiger charge is 2.11. The van der Waals surface area contributed by atoms with E-state index in [2.05, 4.69) is 10.1 Å². The van der Waals surface area contributed by atoms with Gasteiger partial charge in [-0.05, 0) is 48.7 Å². The Morgan fingerprint density at radius 2 is 1.64 bits per heavy atom. The van der Waals surface area contributed by atoms with Gasteiger partial charge in [0.2, 0.25) is 5.91 Å². The Morgan fingerprint density at radius 3 is 2.20 bits per heavy atom. The Bertz CT molecular complexity index is 672. The standard InChI is InChI=1S/C19H21F2NO3/c1-13(15-6-10-17(11-7-15)25-19(20)21)22-18(23)12-5-14-3-8-16(24-2)9-4-14/h3-4,6-11,13,19H,5,12H2,1-2H3,(H,22,23). The Kier molecular flexibility index (Phi) is 6.74. The molecule has 2 aromatic rings. The van der Waals surface area contributed by atoms with Crippen LogP contribution in [0.15, 0.2) is 48.5 Å². The first-order chi connectivity index (χ1) is 12.0. The van der Waals surface area contributed by atoms with Gasteiger partial charge in [-0.3, -0.25) is 4.79 Å². The zero-order valence-corrected chi connectivity index (χ0v) is 14.2. The van der Waals surface area contributed by atoms with Crippen molar-refractivity contribution in [3.8, 4) is 11.5 Å². The van der Waals surface area contributed by atoms with E-state index in [9.17, 15) is 13.6 Å². The first-order valence-electron chi connectivity index (χ1n) is 7.95. The molecule has 0 fully saturated rings. The number of hydrogen-bond donors (Lipinski definition) is 1. The predicted octanol–water partition coefficient (Wildman–Crippen LogP) is 4.11. The van der Waals surface area contributed by atoms with Crippen LogP contribution in [0.25, 0.3) is 0 Å². The van der Waals surface area contributed by atoms with Crippen LogP contribution in [0.3, 0.4) is 0 Å². The minimum atomic E-state index is -2.85. The first-order valence-corrected chi connectivity index (χ1v) is 7.95. The molecule has 2 aromatic carbocycles. The number of ether oxygens (including phenoxy) is 2. The number of carbonyl (C=O) groups is 1. The molecule has 0 saturated heterocycles. The zero-order chi connectivity index (χ0) is 18.2. The summed E-state index contributed by atoms with van der Waals surface area (Å²) in [4.78, 5) is 12.1. The molecule has 2 rings (SSSR count). The van der Waals surface area contributed by atoms with Crippen molar-refractivity contribution in [1.29, 1.82) is 0 Å². The molecule has 0 aliphatic rings. The van der Waals surface area contributed by atoms with E-state index < -0.39 is 6.61 Å². The lowest BCUT2D eigenvalue weighted by molar-refractivity contribution is -0.121. The zero-order valence-electron chi connectivity index (χ0n) is 14.2. The van der Waals surface area contributed by atoms with Gasteiger partial charge in [0.15, 0.2) is 0 Å². The number of methoxy groups -OCH3 is 1. The fourth-order valence-electron chi connectivity index (χ4n) is 2.38. The van der Waals surface area contributed by atoms with Crippen molar-refractivity contribution >= 4 is 5.91 Å². The number of alkyl halides is 2. The second-order valence-corrected chi connectivity index (χ2v) is 5.58. The van der Waals surface area contributed by atoms with Gasteiger partial charge in [0.05, 0.1) is 13.2 Å². The van der Waals surface area contributed by atoms with Gasteiger partial charge in [0, 0.05) is 6.42 Å². The molecule has 0 heterocycles. The van der Waals surface area contributed by atoms with Gasteiger partial charge in [-0.1, -0.05) is 24.3 Å². The summed E-state index contributed by atoms with van der Waals surface area (Å²) in [6.07, 6.45) is 0.993. The van der Waals surface area contributed by atoms with E-state index in [4.69, 9.17) is 4.74 Å². The van der Waals surface area contributed by atoms with E-state index in [0.717, 1.165) is 16.9 Å². The molecule has 0 spiro atoms. The minimum Gasteiger partial charge on any atom is -0.497 e. The highest BCUT2D eigenvalue weighted by atomic mass is 19.3. The van der Waals surface area contributed by atoms with Crippen molar-refractivity contribution in [2.75, 3.05) is 7.11 Å². The van der Waals surface area contributed by atoms with Crippen molar-refractivity contribution in [2.45, 2.75) is 32.4 Å². The first kappa shape index (κ1) is 18.7. The normalized spacial score (nSPS) is 11.9. The SMILES string of the molecule is COc1ccc(CCC(=O)NC(C)c2ccc(OC(F)F)cc2)cc1. The summed E-state index contributed by atoms with van der Waals surface area (Å²) in [6.45, 7) is -1.00. The number of hydrogen-bond acceptors (Lipinski definition) is 3. The fraction of sp³-hybridized carbons (Fsp3) is 0.316. The summed E-state index contributed by atoms with van der Waals surface area (Å²) in [5.41, 5.74) is 1.87. The monoisotopic (exact) mass is 349 g/mol. The molecule has 1 atom stereocenters. The van der Waals surface area contributed by atoms with Crippen LogP contribution in [0.1, 0.15) is 30.5 Å². The number of carbonyl (C=O) groups excluding carboxylic acids is 1. The number of halogens is 2. The van der Waals surface area contributed by atoms with E-state index >= 15 is 0 Å². The van der Waals surface area contributed by atoms with Crippen LogP contribution in [0.2, 0.25) is 0 Å². The van der Waals surface area contributed by atoms with Crippen molar-refractivity contribution in [3.63, 3.8) is 0 Å². The molecule has 134 valence electrons. The molecule has 25 heavy (non-hydrogen) atoms. The summed E-state index contributed by atoms with van der Waals surface area (Å²) in [6, 6.07) is 13.6. The highest BCUT2D eigenvalue weighted by Crippen LogP contribution is 2.19. The summed E-state index contributed by atoms with van der Waals surface area (Å²) in [7, 11) is 1.61. The van der Waals surface area contributed by atoms with Crippen molar-refractivity contribution in [1.82, 2.24) is 5.32 Å². The lowest BCUT2D eigenvalue weighted by Crippen LogP contribution is -2.26. The maximum atomic E-state index is 12.1. The van der Waals surface area contributed by atoms with E-state index in [1.165, 1.54) is 12.1 Å². The van der Waals surface area contributed by atoms with Crippen LogP contribution in [-0.4, -0.2) is 19.6 Å². The Labute approximate surface area is 145 Å². The van der Waals surface area contributed by atoms with Crippen molar-refractivity contribution in [2.24, 2.45) is 0 Å². The fourth-order valence-corrected chi connectivity index (χ4v) is 2.38. The lowest BCUT2D eigenvalue weighted by atomic mass is 10.1. The van der Waals surface area contributed by atoms with Gasteiger partial charge in [0.1, 0.15) is 11.5 Å². The smallest absolute Gasteiger partial charge is 0.387 e. The molecule has 1 amide bonds. The van der Waals surface area contributed by atoms with Crippen molar-refractivity contribution < 1.29 is 23.0 Å². The third-order valence-electron chi connectivity index (χ3n) is 3.78. The Hall–Kier alpha value is -2.63. The molecular weight excluding hydrogens is 328 g/mol. The molecule has 1 N–H and O–H groups in total. The highest BCUT2D eigenvalue weighted by molar-refractivity contribution is 5.76. The van der Waals surface area contributed by atoms with Gasteiger partial charge < -0.3 is 14.8 Å². The number of benzene rings is 2. The predicted molar refractivity (Wildman–Crippen MR) is 90.9 cm³/mol. The summed E-state index contributed by atoms with van der Waals surface area (Å²) >= 11 is 0. The van der Waals surface area contributed by atoms with E-state index in [1.54, 1.807) is 19.2 Å². The maximum absolute atomic E-state index is 12.1. The molecule has 0 aliphatic carbocycles. The average molecular weight is 349 g/mol. The van der Waals surface area contributed by atoms with E-state index in [0.29, 0.717) is 12.8 Å². The van der Waals surface area contributed by atoms with Gasteiger partial charge in [-0.15, -0.1) is 0 Å². The van der Waals surface area contributed by atoms with Gasteiger partial charge in [-0.25, -0.2) is 0 Å². The molecule has 0 bridgehead atoms. The molecule has 0 radical (unpaired) electrons. The molecular formula is C19H21F2NO3. The van der Waals surface area contributed by atoms with E-state index in [-0.39, 0.29) is 17.7 Å². The second kappa shape index (κ2) is 9.01. The van der Waals surface area contributed by atoms with Gasteiger partial charge >= 0.3 is 6.61 Å². The summed E-state index contributed by atoms with van der Waals surface area (Å²) in [5, 5.41) is 2.90. The quantitative estimate of drug-likeness (QED) is 0.780. The van der Waals surface area contributed by atoms with Gasteiger partial charge in [-0.2, -0.15) is 8.78 Å². The molecule has 4 nitrogen and oxygen atoms in total. The number of aryl methyl sites for hydroxylation is 1. The Balaban J connectivity index is 1.82. The maximum Gasteiger partial charge on any atom is 0.387 e. The minimum absolute atomic E-state index is 0.0729. The largest absolute Gasteiger partial charge is 0.497 e. The summed E-state index contributed by atoms with van der Waals surface area (Å²) < 4.78 is 33.7.